The molecule has 2 nitrogen and oxygen atoms in total. The molecule has 1 aromatic carbocycles. The molecule has 1 heterocycles. The van der Waals surface area contributed by atoms with E-state index in [0.29, 0.717) is 5.92 Å². The van der Waals surface area contributed by atoms with Gasteiger partial charge in [-0.3, -0.25) is 0 Å². The summed E-state index contributed by atoms with van der Waals surface area (Å²) in [4.78, 5) is 0.814. The molecule has 3 heteroatoms. The third-order valence-corrected chi connectivity index (χ3v) is 4.57. The van der Waals surface area contributed by atoms with Crippen molar-refractivity contribution in [3.8, 4) is 0 Å². The van der Waals surface area contributed by atoms with Gasteiger partial charge in [-0.2, -0.15) is 0 Å². The zero-order valence-corrected chi connectivity index (χ0v) is 13.9. The topological polar surface area (TPSA) is 30.2 Å². The predicted octanol–water partition coefficient (Wildman–Crippen LogP) is 5.11. The summed E-state index contributed by atoms with van der Waals surface area (Å²) in [6.45, 7) is 4.31. The fraction of sp³-hybridized carbons (Fsp3) is 0.316. The normalized spacial score (nSPS) is 13.2. The second-order valence-electron chi connectivity index (χ2n) is 5.42. The van der Waals surface area contributed by atoms with E-state index in [1.165, 1.54) is 5.57 Å². The van der Waals surface area contributed by atoms with Crippen molar-refractivity contribution in [1.29, 1.82) is 0 Å². The van der Waals surface area contributed by atoms with Gasteiger partial charge in [-0.1, -0.05) is 32.0 Å². The first-order valence-electron chi connectivity index (χ1n) is 7.61. The van der Waals surface area contributed by atoms with Gasteiger partial charge in [-0.15, -0.1) is 5.73 Å². The van der Waals surface area contributed by atoms with E-state index in [1.807, 2.05) is 42.5 Å². The van der Waals surface area contributed by atoms with Crippen LogP contribution in [0.25, 0.3) is 0 Å². The molecule has 0 radical (unpaired) electrons. The SMILES string of the molecule is CCC(=C=CS(=O)c1ccccc1)CC(C)Cc1ccco1. The van der Waals surface area contributed by atoms with Crippen molar-refractivity contribution in [2.75, 3.05) is 0 Å². The molecule has 2 rings (SSSR count). The molecule has 0 aliphatic rings. The fourth-order valence-electron chi connectivity index (χ4n) is 2.33. The predicted molar refractivity (Wildman–Crippen MR) is 90.9 cm³/mol. The molecule has 0 aliphatic heterocycles. The standard InChI is InChI=1S/C19H22O2S/c1-3-17(14-16(2)15-18-8-7-12-21-18)11-13-22(20)19-9-5-4-6-10-19/h4-10,12-13,16H,3,14-15H2,1-2H3. The average Bonchev–Trinajstić information content (AvgIpc) is 3.04. The molecule has 116 valence electrons. The second kappa shape index (κ2) is 8.57. The van der Waals surface area contributed by atoms with Crippen LogP contribution in [0.3, 0.4) is 0 Å². The van der Waals surface area contributed by atoms with Gasteiger partial charge in [-0.25, -0.2) is 4.21 Å². The number of benzene rings is 1. The molecule has 0 fully saturated rings. The minimum atomic E-state index is -1.13. The van der Waals surface area contributed by atoms with E-state index in [0.717, 1.165) is 29.9 Å². The minimum Gasteiger partial charge on any atom is -0.469 e. The molecule has 0 spiro atoms. The summed E-state index contributed by atoms with van der Waals surface area (Å²) in [5.41, 5.74) is 4.44. The highest BCUT2D eigenvalue weighted by Gasteiger charge is 2.08. The lowest BCUT2D eigenvalue weighted by molar-refractivity contribution is 0.453. The van der Waals surface area contributed by atoms with Crippen LogP contribution in [-0.4, -0.2) is 4.21 Å². The highest BCUT2D eigenvalue weighted by Crippen LogP contribution is 2.18. The van der Waals surface area contributed by atoms with Crippen molar-refractivity contribution >= 4 is 10.8 Å². The average molecular weight is 314 g/mol. The molecule has 0 N–H and O–H groups in total. The highest BCUT2D eigenvalue weighted by molar-refractivity contribution is 7.88. The molecule has 2 unspecified atom stereocenters. The largest absolute Gasteiger partial charge is 0.469 e. The Kier molecular flexibility index (Phi) is 6.45. The number of hydrogen-bond donors (Lipinski definition) is 0. The lowest BCUT2D eigenvalue weighted by Gasteiger charge is -2.10. The van der Waals surface area contributed by atoms with Crippen LogP contribution in [-0.2, 0) is 17.2 Å². The monoisotopic (exact) mass is 314 g/mol. The van der Waals surface area contributed by atoms with Crippen molar-refractivity contribution in [2.24, 2.45) is 5.92 Å². The van der Waals surface area contributed by atoms with Crippen LogP contribution in [0.4, 0.5) is 0 Å². The molecular formula is C19H22O2S. The van der Waals surface area contributed by atoms with E-state index in [-0.39, 0.29) is 0 Å². The summed E-state index contributed by atoms with van der Waals surface area (Å²) in [5.74, 6) is 1.49. The minimum absolute atomic E-state index is 0.479. The van der Waals surface area contributed by atoms with Crippen molar-refractivity contribution < 1.29 is 8.63 Å². The van der Waals surface area contributed by atoms with E-state index >= 15 is 0 Å². The van der Waals surface area contributed by atoms with Crippen molar-refractivity contribution in [1.82, 2.24) is 0 Å². The van der Waals surface area contributed by atoms with Crippen LogP contribution in [0.1, 0.15) is 32.4 Å². The van der Waals surface area contributed by atoms with Gasteiger partial charge in [0.25, 0.3) is 0 Å². The van der Waals surface area contributed by atoms with Crippen LogP contribution in [0.15, 0.2) is 74.8 Å². The van der Waals surface area contributed by atoms with Gasteiger partial charge in [0.15, 0.2) is 0 Å². The number of hydrogen-bond acceptors (Lipinski definition) is 2. The Balaban J connectivity index is 2.00. The Morgan fingerprint density at radius 3 is 2.68 bits per heavy atom. The second-order valence-corrected chi connectivity index (χ2v) is 6.72. The number of rotatable bonds is 7. The Morgan fingerprint density at radius 2 is 2.05 bits per heavy atom. The number of allylic oxidation sites excluding steroid dienone is 1. The van der Waals surface area contributed by atoms with Crippen LogP contribution in [0.5, 0.6) is 0 Å². The lowest BCUT2D eigenvalue weighted by atomic mass is 9.96. The maximum Gasteiger partial charge on any atom is 0.104 e. The Morgan fingerprint density at radius 1 is 1.27 bits per heavy atom. The van der Waals surface area contributed by atoms with Gasteiger partial charge in [0.2, 0.25) is 0 Å². The van der Waals surface area contributed by atoms with E-state index < -0.39 is 10.8 Å². The van der Waals surface area contributed by atoms with Crippen LogP contribution >= 0.6 is 0 Å². The molecule has 1 aromatic heterocycles. The molecule has 0 saturated carbocycles. The van der Waals surface area contributed by atoms with Gasteiger partial charge in [0.05, 0.1) is 17.1 Å². The summed E-state index contributed by atoms with van der Waals surface area (Å²) < 4.78 is 17.6. The number of furan rings is 1. The summed E-state index contributed by atoms with van der Waals surface area (Å²) in [5, 5.41) is 1.67. The maximum absolute atomic E-state index is 12.2. The summed E-state index contributed by atoms with van der Waals surface area (Å²) >= 11 is 0. The third-order valence-electron chi connectivity index (χ3n) is 3.50. The zero-order valence-electron chi connectivity index (χ0n) is 13.1. The van der Waals surface area contributed by atoms with E-state index in [4.69, 9.17) is 4.42 Å². The fourth-order valence-corrected chi connectivity index (χ4v) is 3.16. The van der Waals surface area contributed by atoms with Crippen LogP contribution in [0.2, 0.25) is 0 Å². The smallest absolute Gasteiger partial charge is 0.104 e. The molecule has 2 atom stereocenters. The van der Waals surface area contributed by atoms with E-state index in [9.17, 15) is 4.21 Å². The third kappa shape index (κ3) is 5.18. The Hall–Kier alpha value is -1.83. The van der Waals surface area contributed by atoms with Crippen LogP contribution < -0.4 is 0 Å². The van der Waals surface area contributed by atoms with Crippen molar-refractivity contribution in [3.63, 3.8) is 0 Å². The van der Waals surface area contributed by atoms with E-state index in [1.54, 1.807) is 11.7 Å². The quantitative estimate of drug-likeness (QED) is 0.665. The van der Waals surface area contributed by atoms with Gasteiger partial charge in [-0.05, 0) is 48.6 Å². The first kappa shape index (κ1) is 16.5. The maximum atomic E-state index is 12.2. The van der Waals surface area contributed by atoms with Crippen LogP contribution in [0, 0.1) is 5.92 Å². The summed E-state index contributed by atoms with van der Waals surface area (Å²) in [6.07, 6.45) is 4.49. The van der Waals surface area contributed by atoms with Crippen molar-refractivity contribution in [2.45, 2.75) is 38.0 Å². The molecular weight excluding hydrogens is 292 g/mol. The Bertz CT molecular complexity index is 650. The summed E-state index contributed by atoms with van der Waals surface area (Å²) in [6, 6.07) is 13.4. The molecule has 22 heavy (non-hydrogen) atoms. The molecule has 0 saturated heterocycles. The zero-order chi connectivity index (χ0) is 15.8. The first-order chi connectivity index (χ1) is 10.7. The van der Waals surface area contributed by atoms with Gasteiger partial charge < -0.3 is 4.42 Å². The Labute approximate surface area is 135 Å². The van der Waals surface area contributed by atoms with Gasteiger partial charge in [0, 0.05) is 16.7 Å². The van der Waals surface area contributed by atoms with E-state index in [2.05, 4.69) is 19.6 Å². The summed E-state index contributed by atoms with van der Waals surface area (Å²) in [7, 11) is -1.13. The molecule has 0 amide bonds. The van der Waals surface area contributed by atoms with Gasteiger partial charge >= 0.3 is 0 Å². The van der Waals surface area contributed by atoms with Gasteiger partial charge in [0.1, 0.15) is 5.76 Å². The highest BCUT2D eigenvalue weighted by atomic mass is 32.2. The van der Waals surface area contributed by atoms with Crippen molar-refractivity contribution in [3.05, 3.63) is 71.2 Å². The molecule has 2 aromatic rings. The molecule has 0 bridgehead atoms. The lowest BCUT2D eigenvalue weighted by Crippen LogP contribution is -2.00. The first-order valence-corrected chi connectivity index (χ1v) is 8.83. The molecule has 0 aliphatic carbocycles.